The third kappa shape index (κ3) is 3.33. The summed E-state index contributed by atoms with van der Waals surface area (Å²) >= 11 is 0. The van der Waals surface area contributed by atoms with Crippen LogP contribution in [0.4, 0.5) is 0 Å². The number of hydrogen-bond acceptors (Lipinski definition) is 2. The zero-order valence-electron chi connectivity index (χ0n) is 10.7. The van der Waals surface area contributed by atoms with Crippen molar-refractivity contribution in [2.24, 2.45) is 5.92 Å². The Bertz CT molecular complexity index is 508. The average molecular weight is 268 g/mol. The van der Waals surface area contributed by atoms with Crippen molar-refractivity contribution in [3.05, 3.63) is 35.4 Å². The Morgan fingerprint density at radius 1 is 1.28 bits per heavy atom. The van der Waals surface area contributed by atoms with E-state index in [2.05, 4.69) is 19.1 Å². The number of hydrogen-bond donors (Lipinski definition) is 1. The molecule has 1 saturated carbocycles. The Balaban J connectivity index is 2.05. The molecular weight excluding hydrogens is 248 g/mol. The van der Waals surface area contributed by atoms with Crippen LogP contribution < -0.4 is 0 Å². The summed E-state index contributed by atoms with van der Waals surface area (Å²) in [5.74, 6) is 0.367. The highest BCUT2D eigenvalue weighted by Gasteiger charge is 2.30. The Morgan fingerprint density at radius 3 is 2.67 bits per heavy atom. The van der Waals surface area contributed by atoms with E-state index in [0.29, 0.717) is 18.8 Å². The van der Waals surface area contributed by atoms with E-state index in [1.165, 1.54) is 11.1 Å². The monoisotopic (exact) mass is 268 g/mol. The van der Waals surface area contributed by atoms with Crippen LogP contribution in [0.5, 0.6) is 0 Å². The first-order valence-corrected chi connectivity index (χ1v) is 7.98. The first-order valence-electron chi connectivity index (χ1n) is 6.47. The zero-order valence-corrected chi connectivity index (χ0v) is 11.5. The highest BCUT2D eigenvalue weighted by molar-refractivity contribution is 7.86. The second-order valence-electron chi connectivity index (χ2n) is 5.30. The lowest BCUT2D eigenvalue weighted by atomic mass is 9.83. The van der Waals surface area contributed by atoms with E-state index in [4.69, 9.17) is 4.55 Å². The standard InChI is InChI=1S/C14H20O3S/c1-11-5-2-3-7-13(11)9-12-6-4-8-14(10-12)18(15,16)17/h2-3,5,7,12,14H,4,6,8-10H2,1H3,(H,15,16,17). The molecule has 2 rings (SSSR count). The van der Waals surface area contributed by atoms with Crippen LogP contribution in [-0.4, -0.2) is 18.2 Å². The highest BCUT2D eigenvalue weighted by Crippen LogP contribution is 2.31. The van der Waals surface area contributed by atoms with Gasteiger partial charge in [0, 0.05) is 0 Å². The summed E-state index contributed by atoms with van der Waals surface area (Å²) in [6.45, 7) is 2.08. The second kappa shape index (κ2) is 5.41. The number of rotatable bonds is 3. The molecule has 1 aromatic carbocycles. The van der Waals surface area contributed by atoms with Gasteiger partial charge >= 0.3 is 0 Å². The zero-order chi connectivity index (χ0) is 13.2. The molecular formula is C14H20O3S. The van der Waals surface area contributed by atoms with E-state index in [1.807, 2.05) is 12.1 Å². The Hall–Kier alpha value is -0.870. The first-order chi connectivity index (χ1) is 8.47. The normalized spacial score (nSPS) is 25.0. The molecule has 0 aliphatic heterocycles. The smallest absolute Gasteiger partial charge is 0.267 e. The minimum absolute atomic E-state index is 0.367. The van der Waals surface area contributed by atoms with Crippen molar-refractivity contribution < 1.29 is 13.0 Å². The van der Waals surface area contributed by atoms with E-state index in [0.717, 1.165) is 19.3 Å². The van der Waals surface area contributed by atoms with Crippen molar-refractivity contribution >= 4 is 10.1 Å². The van der Waals surface area contributed by atoms with Crippen molar-refractivity contribution in [3.63, 3.8) is 0 Å². The van der Waals surface area contributed by atoms with E-state index < -0.39 is 15.4 Å². The number of benzene rings is 1. The van der Waals surface area contributed by atoms with E-state index in [9.17, 15) is 8.42 Å². The van der Waals surface area contributed by atoms with Crippen molar-refractivity contribution in [3.8, 4) is 0 Å². The van der Waals surface area contributed by atoms with Gasteiger partial charge in [-0.05, 0) is 43.2 Å². The van der Waals surface area contributed by atoms with Gasteiger partial charge in [-0.3, -0.25) is 4.55 Å². The van der Waals surface area contributed by atoms with E-state index in [1.54, 1.807) is 0 Å². The molecule has 1 aromatic rings. The Kier molecular flexibility index (Phi) is 4.07. The molecule has 0 radical (unpaired) electrons. The predicted molar refractivity (Wildman–Crippen MR) is 72.2 cm³/mol. The van der Waals surface area contributed by atoms with Crippen molar-refractivity contribution in [1.82, 2.24) is 0 Å². The molecule has 0 saturated heterocycles. The maximum atomic E-state index is 11.2. The first kappa shape index (κ1) is 13.6. The SMILES string of the molecule is Cc1ccccc1CC1CCCC(S(=O)(=O)O)C1. The molecule has 3 nitrogen and oxygen atoms in total. The Morgan fingerprint density at radius 2 is 2.00 bits per heavy atom. The van der Waals surface area contributed by atoms with Crippen LogP contribution in [0.1, 0.15) is 36.8 Å². The molecule has 100 valence electrons. The fourth-order valence-electron chi connectivity index (χ4n) is 2.85. The van der Waals surface area contributed by atoms with Crippen molar-refractivity contribution in [1.29, 1.82) is 0 Å². The van der Waals surface area contributed by atoms with E-state index >= 15 is 0 Å². The fraction of sp³-hybridized carbons (Fsp3) is 0.571. The quantitative estimate of drug-likeness (QED) is 0.857. The third-order valence-corrected chi connectivity index (χ3v) is 5.20. The molecule has 4 heteroatoms. The fourth-order valence-corrected chi connectivity index (χ4v) is 3.83. The topological polar surface area (TPSA) is 54.4 Å². The summed E-state index contributed by atoms with van der Waals surface area (Å²) in [5, 5.41) is -0.555. The molecule has 0 aromatic heterocycles. The minimum atomic E-state index is -3.86. The van der Waals surface area contributed by atoms with Crippen LogP contribution in [0, 0.1) is 12.8 Å². The van der Waals surface area contributed by atoms with Gasteiger partial charge in [0.1, 0.15) is 0 Å². The summed E-state index contributed by atoms with van der Waals surface area (Å²) in [7, 11) is -3.86. The lowest BCUT2D eigenvalue weighted by Crippen LogP contribution is -2.28. The van der Waals surface area contributed by atoms with Gasteiger partial charge in [0.25, 0.3) is 10.1 Å². The van der Waals surface area contributed by atoms with Gasteiger partial charge in [0.15, 0.2) is 0 Å². The molecule has 0 bridgehead atoms. The largest absolute Gasteiger partial charge is 0.285 e. The van der Waals surface area contributed by atoms with Crippen LogP contribution in [0.3, 0.4) is 0 Å². The van der Waals surface area contributed by atoms with Gasteiger partial charge in [-0.1, -0.05) is 37.1 Å². The molecule has 1 aliphatic rings. The summed E-state index contributed by atoms with van der Waals surface area (Å²) in [4.78, 5) is 0. The van der Waals surface area contributed by atoms with Gasteiger partial charge in [0.2, 0.25) is 0 Å². The predicted octanol–water partition coefficient (Wildman–Crippen LogP) is 2.98. The van der Waals surface area contributed by atoms with Crippen molar-refractivity contribution in [2.75, 3.05) is 0 Å². The summed E-state index contributed by atoms with van der Waals surface area (Å²) < 4.78 is 31.6. The van der Waals surface area contributed by atoms with Gasteiger partial charge in [0.05, 0.1) is 5.25 Å². The molecule has 1 N–H and O–H groups in total. The molecule has 2 unspecified atom stereocenters. The van der Waals surface area contributed by atoms with Crippen molar-refractivity contribution in [2.45, 2.75) is 44.3 Å². The van der Waals surface area contributed by atoms with Crippen LogP contribution in [0.25, 0.3) is 0 Å². The molecule has 18 heavy (non-hydrogen) atoms. The van der Waals surface area contributed by atoms with Crippen LogP contribution in [-0.2, 0) is 16.5 Å². The summed E-state index contributed by atoms with van der Waals surface area (Å²) in [6.07, 6.45) is 4.05. The second-order valence-corrected chi connectivity index (χ2v) is 7.00. The Labute approximate surface area is 109 Å². The van der Waals surface area contributed by atoms with Gasteiger partial charge in [-0.2, -0.15) is 8.42 Å². The molecule has 1 aliphatic carbocycles. The molecule has 2 atom stereocenters. The maximum absolute atomic E-state index is 11.2. The van der Waals surface area contributed by atoms with Gasteiger partial charge in [-0.15, -0.1) is 0 Å². The van der Waals surface area contributed by atoms with Crippen LogP contribution in [0.2, 0.25) is 0 Å². The lowest BCUT2D eigenvalue weighted by molar-refractivity contribution is 0.340. The summed E-state index contributed by atoms with van der Waals surface area (Å²) in [5.41, 5.74) is 2.55. The third-order valence-electron chi connectivity index (χ3n) is 3.93. The van der Waals surface area contributed by atoms with Gasteiger partial charge < -0.3 is 0 Å². The minimum Gasteiger partial charge on any atom is -0.285 e. The molecule has 0 heterocycles. The van der Waals surface area contributed by atoms with E-state index in [-0.39, 0.29) is 0 Å². The highest BCUT2D eigenvalue weighted by atomic mass is 32.2. The molecule has 0 amide bonds. The maximum Gasteiger partial charge on any atom is 0.267 e. The van der Waals surface area contributed by atoms with Gasteiger partial charge in [-0.25, -0.2) is 0 Å². The molecule has 1 fully saturated rings. The summed E-state index contributed by atoms with van der Waals surface area (Å²) in [6, 6.07) is 8.22. The van der Waals surface area contributed by atoms with Crippen LogP contribution >= 0.6 is 0 Å². The average Bonchev–Trinajstić information content (AvgIpc) is 2.31. The number of aryl methyl sites for hydroxylation is 1. The molecule has 0 spiro atoms. The lowest BCUT2D eigenvalue weighted by Gasteiger charge is -2.27. The van der Waals surface area contributed by atoms with Crippen LogP contribution in [0.15, 0.2) is 24.3 Å².